The number of rotatable bonds is 10. The van der Waals surface area contributed by atoms with Gasteiger partial charge in [0.2, 0.25) is 0 Å². The first-order valence-corrected chi connectivity index (χ1v) is 12.5. The highest BCUT2D eigenvalue weighted by atomic mass is 28.4. The summed E-state index contributed by atoms with van der Waals surface area (Å²) < 4.78 is 16.9. The molecule has 0 radical (unpaired) electrons. The smallest absolute Gasteiger partial charge is 0.337 e. The molecule has 0 heterocycles. The molecule has 0 fully saturated rings. The number of ether oxygens (including phenoxy) is 2. The molecule has 0 aliphatic carbocycles. The van der Waals surface area contributed by atoms with E-state index in [0.717, 1.165) is 5.56 Å². The topological polar surface area (TPSA) is 85.2 Å². The van der Waals surface area contributed by atoms with E-state index in [4.69, 9.17) is 9.16 Å². The number of carbonyl (C=O) groups excluding carboxylic acids is 1. The maximum atomic E-state index is 11.6. The van der Waals surface area contributed by atoms with E-state index < -0.39 is 38.5 Å². The van der Waals surface area contributed by atoms with E-state index >= 15 is 0 Å². The number of aliphatic hydroxyl groups excluding tert-OH is 2. The van der Waals surface area contributed by atoms with Crippen LogP contribution in [0, 0.1) is 5.92 Å². The zero-order valence-electron chi connectivity index (χ0n) is 18.1. The summed E-state index contributed by atoms with van der Waals surface area (Å²) in [5.74, 6) is -1.39. The Labute approximate surface area is 170 Å². The van der Waals surface area contributed by atoms with Gasteiger partial charge in [-0.15, -0.1) is 0 Å². The predicted octanol–water partition coefficient (Wildman–Crippen LogP) is 3.12. The zero-order valence-corrected chi connectivity index (χ0v) is 19.1. The van der Waals surface area contributed by atoms with Crippen LogP contribution in [0.4, 0.5) is 0 Å². The summed E-state index contributed by atoms with van der Waals surface area (Å²) >= 11 is 0. The molecule has 1 rings (SSSR count). The summed E-state index contributed by atoms with van der Waals surface area (Å²) in [6, 6.07) is 9.79. The summed E-state index contributed by atoms with van der Waals surface area (Å²) in [5.41, 5.74) is 1.04. The summed E-state index contributed by atoms with van der Waals surface area (Å²) in [4.78, 5) is 11.6. The maximum Gasteiger partial charge on any atom is 0.337 e. The fourth-order valence-corrected chi connectivity index (χ4v) is 3.88. The Balaban J connectivity index is 2.91. The molecule has 4 atom stereocenters. The van der Waals surface area contributed by atoms with Crippen molar-refractivity contribution in [2.24, 2.45) is 5.92 Å². The zero-order chi connectivity index (χ0) is 21.5. The van der Waals surface area contributed by atoms with Crippen LogP contribution in [0.2, 0.25) is 18.1 Å². The molecule has 1 aromatic carbocycles. The van der Waals surface area contributed by atoms with Crippen LogP contribution >= 0.6 is 0 Å². The number of carbonyl (C=O) groups is 1. The second kappa shape index (κ2) is 10.5. The van der Waals surface area contributed by atoms with Crippen molar-refractivity contribution in [1.29, 1.82) is 0 Å². The van der Waals surface area contributed by atoms with Crippen molar-refractivity contribution in [2.45, 2.75) is 70.7 Å². The highest BCUT2D eigenvalue weighted by Crippen LogP contribution is 2.38. The highest BCUT2D eigenvalue weighted by Gasteiger charge is 2.42. The Morgan fingerprint density at radius 2 is 1.71 bits per heavy atom. The van der Waals surface area contributed by atoms with Crippen molar-refractivity contribution < 1.29 is 28.9 Å². The second-order valence-corrected chi connectivity index (χ2v) is 13.5. The van der Waals surface area contributed by atoms with Gasteiger partial charge in [-0.05, 0) is 23.7 Å². The average molecular weight is 413 g/mol. The summed E-state index contributed by atoms with van der Waals surface area (Å²) in [5, 5.41) is 20.5. The van der Waals surface area contributed by atoms with Crippen LogP contribution in [0.25, 0.3) is 0 Å². The number of hydrogen-bond acceptors (Lipinski definition) is 6. The van der Waals surface area contributed by atoms with E-state index in [2.05, 4.69) is 38.6 Å². The lowest BCUT2D eigenvalue weighted by atomic mass is 9.94. The first-order chi connectivity index (χ1) is 12.9. The first-order valence-electron chi connectivity index (χ1n) is 9.64. The molecule has 160 valence electrons. The van der Waals surface area contributed by atoms with Crippen molar-refractivity contribution >= 4 is 14.3 Å². The van der Waals surface area contributed by atoms with Crippen LogP contribution in [0.1, 0.15) is 33.3 Å². The lowest BCUT2D eigenvalue weighted by molar-refractivity contribution is -0.161. The molecule has 0 bridgehead atoms. The third kappa shape index (κ3) is 6.97. The SMILES string of the molecule is COC(=O)[C@@H](O)[C@H](O)[C@@H](C)[C@H](COCc1ccccc1)O[Si](C)(C)C(C)(C)C. The standard InChI is InChI=1S/C21H36O6Si/c1-15(18(22)19(23)20(24)25-5)17(27-28(6,7)21(2,3)4)14-26-13-16-11-9-8-10-12-16/h8-12,15,17-19,22-23H,13-14H2,1-7H3/t15-,17-,18+,19-/m0/s1. The number of hydrogen-bond donors (Lipinski definition) is 2. The molecule has 0 saturated carbocycles. The van der Waals surface area contributed by atoms with E-state index in [1.54, 1.807) is 6.92 Å². The molecular weight excluding hydrogens is 376 g/mol. The van der Waals surface area contributed by atoms with Crippen molar-refractivity contribution in [2.75, 3.05) is 13.7 Å². The molecule has 0 aliphatic rings. The molecule has 0 amide bonds. The Kier molecular flexibility index (Phi) is 9.30. The van der Waals surface area contributed by atoms with Gasteiger partial charge < -0.3 is 24.1 Å². The van der Waals surface area contributed by atoms with Crippen LogP contribution in [0.3, 0.4) is 0 Å². The van der Waals surface area contributed by atoms with Gasteiger partial charge in [0.1, 0.15) is 0 Å². The van der Waals surface area contributed by atoms with Crippen LogP contribution < -0.4 is 0 Å². The fourth-order valence-electron chi connectivity index (χ4n) is 2.48. The van der Waals surface area contributed by atoms with Crippen molar-refractivity contribution in [1.82, 2.24) is 0 Å². The lowest BCUT2D eigenvalue weighted by Gasteiger charge is -2.41. The number of benzene rings is 1. The lowest BCUT2D eigenvalue weighted by Crippen LogP contribution is -2.51. The third-order valence-corrected chi connectivity index (χ3v) is 10.0. The number of aliphatic hydroxyl groups is 2. The van der Waals surface area contributed by atoms with Gasteiger partial charge in [-0.25, -0.2) is 4.79 Å². The largest absolute Gasteiger partial charge is 0.467 e. The Morgan fingerprint density at radius 3 is 2.21 bits per heavy atom. The predicted molar refractivity (Wildman–Crippen MR) is 111 cm³/mol. The summed E-state index contributed by atoms with van der Waals surface area (Å²) in [6.45, 7) is 13.0. The first kappa shape index (κ1) is 24.8. The second-order valence-electron chi connectivity index (χ2n) is 8.74. The average Bonchev–Trinajstić information content (AvgIpc) is 2.64. The normalized spacial score (nSPS) is 16.9. The minimum absolute atomic E-state index is 0.0314. The third-order valence-electron chi connectivity index (χ3n) is 5.54. The van der Waals surface area contributed by atoms with E-state index in [1.807, 2.05) is 30.3 Å². The Morgan fingerprint density at radius 1 is 1.14 bits per heavy atom. The van der Waals surface area contributed by atoms with E-state index in [9.17, 15) is 15.0 Å². The van der Waals surface area contributed by atoms with Crippen LogP contribution in [-0.4, -0.2) is 56.5 Å². The van der Waals surface area contributed by atoms with Crippen LogP contribution in [0.15, 0.2) is 30.3 Å². The van der Waals surface area contributed by atoms with Crippen molar-refractivity contribution in [3.63, 3.8) is 0 Å². The molecule has 6 nitrogen and oxygen atoms in total. The minimum Gasteiger partial charge on any atom is -0.467 e. The van der Waals surface area contributed by atoms with Gasteiger partial charge in [-0.3, -0.25) is 0 Å². The monoisotopic (exact) mass is 412 g/mol. The molecule has 1 aromatic rings. The number of methoxy groups -OCH3 is 1. The molecule has 0 aliphatic heterocycles. The minimum atomic E-state index is -2.17. The molecule has 7 heteroatoms. The maximum absolute atomic E-state index is 11.6. The quantitative estimate of drug-likeness (QED) is 0.454. The van der Waals surface area contributed by atoms with Gasteiger partial charge in [0, 0.05) is 5.92 Å². The van der Waals surface area contributed by atoms with Gasteiger partial charge in [0.25, 0.3) is 0 Å². The molecular formula is C21H36O6Si. The number of esters is 1. The molecule has 2 N–H and O–H groups in total. The van der Waals surface area contributed by atoms with E-state index in [1.165, 1.54) is 7.11 Å². The van der Waals surface area contributed by atoms with Gasteiger partial charge in [-0.2, -0.15) is 0 Å². The summed E-state index contributed by atoms with van der Waals surface area (Å²) in [6.07, 6.45) is -3.42. The van der Waals surface area contributed by atoms with Crippen molar-refractivity contribution in [3.8, 4) is 0 Å². The Bertz CT molecular complexity index is 599. The van der Waals surface area contributed by atoms with Gasteiger partial charge >= 0.3 is 5.97 Å². The van der Waals surface area contributed by atoms with Crippen molar-refractivity contribution in [3.05, 3.63) is 35.9 Å². The molecule has 0 aromatic heterocycles. The van der Waals surface area contributed by atoms with E-state index in [0.29, 0.717) is 6.61 Å². The highest BCUT2D eigenvalue weighted by molar-refractivity contribution is 6.74. The van der Waals surface area contributed by atoms with Gasteiger partial charge in [0.05, 0.1) is 32.5 Å². The Hall–Kier alpha value is -1.25. The van der Waals surface area contributed by atoms with E-state index in [-0.39, 0.29) is 11.6 Å². The van der Waals surface area contributed by atoms with Gasteiger partial charge in [0.15, 0.2) is 14.4 Å². The fraction of sp³-hybridized carbons (Fsp3) is 0.667. The molecule has 0 spiro atoms. The molecule has 0 saturated heterocycles. The molecule has 28 heavy (non-hydrogen) atoms. The van der Waals surface area contributed by atoms with Crippen LogP contribution in [-0.2, 0) is 25.3 Å². The van der Waals surface area contributed by atoms with Crippen LogP contribution in [0.5, 0.6) is 0 Å². The summed E-state index contributed by atoms with van der Waals surface area (Å²) in [7, 11) is -0.989. The van der Waals surface area contributed by atoms with Gasteiger partial charge in [-0.1, -0.05) is 58.0 Å². The molecule has 0 unspecified atom stereocenters.